The predicted octanol–water partition coefficient (Wildman–Crippen LogP) is 2.28. The lowest BCUT2D eigenvalue weighted by Gasteiger charge is -2.35. The van der Waals surface area contributed by atoms with Gasteiger partial charge in [0.05, 0.1) is 0 Å². The number of ether oxygens (including phenoxy) is 2. The van der Waals surface area contributed by atoms with Gasteiger partial charge in [-0.25, -0.2) is 0 Å². The molecule has 1 unspecified atom stereocenters. The second-order valence-electron chi connectivity index (χ2n) is 5.96. The fourth-order valence-corrected chi connectivity index (χ4v) is 2.76. The molecule has 1 saturated carbocycles. The van der Waals surface area contributed by atoms with E-state index in [1.807, 2.05) is 6.07 Å². The van der Waals surface area contributed by atoms with Gasteiger partial charge in [-0.05, 0) is 26.7 Å². The lowest BCUT2D eigenvalue weighted by Crippen LogP contribution is -2.54. The first-order valence-corrected chi connectivity index (χ1v) is 6.90. The van der Waals surface area contributed by atoms with Gasteiger partial charge in [-0.1, -0.05) is 6.42 Å². The van der Waals surface area contributed by atoms with Gasteiger partial charge in [-0.2, -0.15) is 24.8 Å². The van der Waals surface area contributed by atoms with Crippen LogP contribution >= 0.6 is 0 Å². The van der Waals surface area contributed by atoms with Crippen molar-refractivity contribution in [3.8, 4) is 6.07 Å². The Morgan fingerprint density at radius 2 is 1.40 bits per heavy atom. The van der Waals surface area contributed by atoms with Crippen LogP contribution in [0.15, 0.2) is 0 Å². The highest BCUT2D eigenvalue weighted by Gasteiger charge is 2.67. The summed E-state index contributed by atoms with van der Waals surface area (Å²) in [4.78, 5) is 21.0. The van der Waals surface area contributed by atoms with Gasteiger partial charge in [0.2, 0.25) is 5.79 Å². The monoisotopic (exact) mass is 285 g/mol. The minimum absolute atomic E-state index is 0.756. The maximum Gasteiger partial charge on any atom is 0.289 e. The Labute approximate surface area is 117 Å². The van der Waals surface area contributed by atoms with Crippen LogP contribution in [0.3, 0.4) is 0 Å². The smallest absolute Gasteiger partial charge is 0.289 e. The van der Waals surface area contributed by atoms with Gasteiger partial charge in [-0.15, -0.1) is 0 Å². The van der Waals surface area contributed by atoms with E-state index in [1.54, 1.807) is 13.8 Å². The first kappa shape index (κ1) is 14.2. The molecule has 0 aromatic carbocycles. The Morgan fingerprint density at radius 1 is 0.800 bits per heavy atom. The molecule has 3 aliphatic rings. The van der Waals surface area contributed by atoms with E-state index in [0.717, 1.165) is 32.1 Å². The Bertz CT molecular complexity index is 445. The van der Waals surface area contributed by atoms with E-state index in [9.17, 15) is 0 Å². The third kappa shape index (κ3) is 2.04. The van der Waals surface area contributed by atoms with Crippen molar-refractivity contribution in [2.45, 2.75) is 76.0 Å². The second-order valence-corrected chi connectivity index (χ2v) is 5.96. The number of nitriles is 1. The van der Waals surface area contributed by atoms with Crippen LogP contribution in [0.4, 0.5) is 0 Å². The molecule has 0 radical (unpaired) electrons. The highest BCUT2D eigenvalue weighted by Crippen LogP contribution is 2.50. The summed E-state index contributed by atoms with van der Waals surface area (Å²) in [7, 11) is 0. The lowest BCUT2D eigenvalue weighted by atomic mass is 9.94. The number of hydrogen-bond acceptors (Lipinski definition) is 7. The van der Waals surface area contributed by atoms with Gasteiger partial charge in [-0.3, -0.25) is 4.74 Å². The van der Waals surface area contributed by atoms with E-state index in [1.165, 1.54) is 6.92 Å². The molecule has 0 bridgehead atoms. The first-order chi connectivity index (χ1) is 9.35. The van der Waals surface area contributed by atoms with Crippen molar-refractivity contribution in [3.05, 3.63) is 0 Å². The first-order valence-electron chi connectivity index (χ1n) is 6.90. The van der Waals surface area contributed by atoms with Gasteiger partial charge >= 0.3 is 0 Å². The maximum absolute atomic E-state index is 9.03. The van der Waals surface area contributed by atoms with Crippen molar-refractivity contribution in [1.82, 2.24) is 0 Å². The van der Waals surface area contributed by atoms with Crippen molar-refractivity contribution < 1.29 is 29.0 Å². The Hall–Kier alpha value is -0.750. The summed E-state index contributed by atoms with van der Waals surface area (Å²) >= 11 is 0. The largest absolute Gasteiger partial charge is 0.308 e. The van der Waals surface area contributed by atoms with E-state index >= 15 is 0 Å². The molecule has 0 N–H and O–H groups in total. The van der Waals surface area contributed by atoms with Crippen LogP contribution in [0.2, 0.25) is 0 Å². The molecule has 1 spiro atoms. The third-order valence-electron chi connectivity index (χ3n) is 4.13. The summed E-state index contributed by atoms with van der Waals surface area (Å²) < 4.78 is 11.6. The molecule has 20 heavy (non-hydrogen) atoms. The third-order valence-corrected chi connectivity index (χ3v) is 4.13. The van der Waals surface area contributed by atoms with Gasteiger partial charge in [0.1, 0.15) is 6.07 Å². The Morgan fingerprint density at radius 3 is 2.00 bits per heavy atom. The van der Waals surface area contributed by atoms with Crippen LogP contribution in [0.1, 0.15) is 52.9 Å². The summed E-state index contributed by atoms with van der Waals surface area (Å²) in [5.74, 6) is -4.95. The molecule has 0 aromatic heterocycles. The minimum atomic E-state index is -1.49. The topological polar surface area (TPSA) is 79.2 Å². The standard InChI is InChI=1S/C13H19NO6/c1-10(9-14)15-11(2,18-17-10)12(3)16-13(20-19-12)7-5-4-6-8-13/h4-8H2,1-3H3/t10?,11-,12-/m0/s1. The summed E-state index contributed by atoms with van der Waals surface area (Å²) in [6.07, 6.45) is 4.71. The predicted molar refractivity (Wildman–Crippen MR) is 63.2 cm³/mol. The Balaban J connectivity index is 1.79. The molecule has 7 heteroatoms. The number of rotatable bonds is 1. The zero-order chi connectivity index (χ0) is 14.5. The summed E-state index contributed by atoms with van der Waals surface area (Å²) in [5, 5.41) is 9.03. The van der Waals surface area contributed by atoms with Crippen molar-refractivity contribution in [2.24, 2.45) is 0 Å². The fraction of sp³-hybridized carbons (Fsp3) is 0.923. The average Bonchev–Trinajstić information content (AvgIpc) is 2.93. The molecule has 7 nitrogen and oxygen atoms in total. The second kappa shape index (κ2) is 4.37. The zero-order valence-electron chi connectivity index (χ0n) is 11.9. The van der Waals surface area contributed by atoms with Gasteiger partial charge in [0.15, 0.2) is 0 Å². The quantitative estimate of drug-likeness (QED) is 0.684. The molecular formula is C13H19NO6. The van der Waals surface area contributed by atoms with Crippen LogP contribution < -0.4 is 0 Å². The molecule has 3 fully saturated rings. The summed E-state index contributed by atoms with van der Waals surface area (Å²) in [5.41, 5.74) is 0. The zero-order valence-corrected chi connectivity index (χ0v) is 11.9. The van der Waals surface area contributed by atoms with Crippen LogP contribution in [0, 0.1) is 11.3 Å². The van der Waals surface area contributed by atoms with E-state index in [4.69, 9.17) is 34.3 Å². The van der Waals surface area contributed by atoms with Gasteiger partial charge in [0.25, 0.3) is 17.4 Å². The molecule has 3 rings (SSSR count). The van der Waals surface area contributed by atoms with E-state index in [0.29, 0.717) is 0 Å². The molecule has 3 atom stereocenters. The summed E-state index contributed by atoms with van der Waals surface area (Å²) in [6.45, 7) is 4.72. The van der Waals surface area contributed by atoms with Crippen LogP contribution in [0.25, 0.3) is 0 Å². The Kier molecular flexibility index (Phi) is 3.10. The SMILES string of the molecule is CC1(C#N)OO[C@@](C)([C@]2(C)OOC3(CCCCC3)O2)O1. The van der Waals surface area contributed by atoms with Gasteiger partial charge in [0, 0.05) is 19.8 Å². The molecule has 2 heterocycles. The average molecular weight is 285 g/mol. The molecule has 0 aromatic rings. The molecular weight excluding hydrogens is 266 g/mol. The molecule has 2 saturated heterocycles. The molecule has 1 aliphatic carbocycles. The van der Waals surface area contributed by atoms with Gasteiger partial charge < -0.3 is 4.74 Å². The van der Waals surface area contributed by atoms with Crippen molar-refractivity contribution in [1.29, 1.82) is 5.26 Å². The maximum atomic E-state index is 9.03. The van der Waals surface area contributed by atoms with Crippen LogP contribution in [-0.2, 0) is 29.0 Å². The number of nitrogens with zero attached hydrogens (tertiary/aromatic N) is 1. The number of hydrogen-bond donors (Lipinski definition) is 0. The van der Waals surface area contributed by atoms with E-state index in [-0.39, 0.29) is 0 Å². The van der Waals surface area contributed by atoms with Crippen molar-refractivity contribution in [2.75, 3.05) is 0 Å². The fourth-order valence-electron chi connectivity index (χ4n) is 2.76. The highest BCUT2D eigenvalue weighted by atomic mass is 17.3. The highest BCUT2D eigenvalue weighted by molar-refractivity contribution is 4.98. The lowest BCUT2D eigenvalue weighted by molar-refractivity contribution is -0.436. The summed E-state index contributed by atoms with van der Waals surface area (Å²) in [6, 6.07) is 1.89. The molecule has 0 amide bonds. The van der Waals surface area contributed by atoms with Crippen LogP contribution in [-0.4, -0.2) is 23.1 Å². The van der Waals surface area contributed by atoms with E-state index < -0.39 is 23.1 Å². The van der Waals surface area contributed by atoms with Crippen molar-refractivity contribution in [3.63, 3.8) is 0 Å². The van der Waals surface area contributed by atoms with E-state index in [2.05, 4.69) is 0 Å². The normalized spacial score (nSPS) is 47.5. The minimum Gasteiger partial charge on any atom is -0.308 e. The molecule has 2 aliphatic heterocycles. The molecule has 112 valence electrons. The van der Waals surface area contributed by atoms with Crippen molar-refractivity contribution >= 4 is 0 Å². The van der Waals surface area contributed by atoms with Crippen LogP contribution in [0.5, 0.6) is 0 Å².